The second kappa shape index (κ2) is 5.87. The lowest BCUT2D eigenvalue weighted by molar-refractivity contribution is -0.139. The summed E-state index contributed by atoms with van der Waals surface area (Å²) in [6.07, 6.45) is 0.762. The minimum absolute atomic E-state index is 0.101. The molecule has 2 N–H and O–H groups in total. The van der Waals surface area contributed by atoms with Crippen molar-refractivity contribution >= 4 is 17.6 Å². The first kappa shape index (κ1) is 13.0. The van der Waals surface area contributed by atoms with Gasteiger partial charge in [0, 0.05) is 11.1 Å². The van der Waals surface area contributed by atoms with Gasteiger partial charge in [-0.15, -0.1) is 0 Å². The predicted octanol–water partition coefficient (Wildman–Crippen LogP) is 2.33. The molecule has 1 unspecified atom stereocenters. The van der Waals surface area contributed by atoms with Gasteiger partial charge in [0.05, 0.1) is 0 Å². The molecule has 3 nitrogen and oxygen atoms in total. The van der Waals surface area contributed by atoms with Crippen LogP contribution in [0.15, 0.2) is 24.3 Å². The first-order chi connectivity index (χ1) is 7.49. The Balaban J connectivity index is 2.51. The zero-order valence-corrected chi connectivity index (χ0v) is 10.2. The number of aliphatic carboxylic acids is 1. The fraction of sp³-hybridized carbons (Fsp3) is 0.417. The molecule has 0 spiro atoms. The molecule has 0 aliphatic rings. The van der Waals surface area contributed by atoms with Gasteiger partial charge in [-0.05, 0) is 38.0 Å². The number of nitrogens with one attached hydrogen (secondary N) is 1. The standard InChI is InChI=1S/C12H16ClNO2/c1-8(14-9(2)12(15)16)6-10-4-3-5-11(13)7-10/h3-5,7-9,14H,6H2,1-2H3,(H,15,16)/t8?,9-/m0/s1. The molecule has 0 heterocycles. The van der Waals surface area contributed by atoms with Gasteiger partial charge < -0.3 is 10.4 Å². The Morgan fingerprint density at radius 1 is 1.50 bits per heavy atom. The van der Waals surface area contributed by atoms with Crippen LogP contribution in [0.4, 0.5) is 0 Å². The van der Waals surface area contributed by atoms with Crippen LogP contribution in [0.25, 0.3) is 0 Å². The Morgan fingerprint density at radius 2 is 2.19 bits per heavy atom. The van der Waals surface area contributed by atoms with Gasteiger partial charge in [-0.1, -0.05) is 23.7 Å². The highest BCUT2D eigenvalue weighted by molar-refractivity contribution is 6.30. The van der Waals surface area contributed by atoms with Crippen LogP contribution < -0.4 is 5.32 Å². The van der Waals surface area contributed by atoms with E-state index in [1.807, 2.05) is 31.2 Å². The van der Waals surface area contributed by atoms with Crippen molar-refractivity contribution in [1.82, 2.24) is 5.32 Å². The third-order valence-electron chi connectivity index (χ3n) is 2.34. The summed E-state index contributed by atoms with van der Waals surface area (Å²) < 4.78 is 0. The van der Waals surface area contributed by atoms with E-state index in [-0.39, 0.29) is 6.04 Å². The van der Waals surface area contributed by atoms with E-state index < -0.39 is 12.0 Å². The Hall–Kier alpha value is -1.06. The molecule has 0 aromatic heterocycles. The fourth-order valence-corrected chi connectivity index (χ4v) is 1.79. The zero-order chi connectivity index (χ0) is 12.1. The minimum atomic E-state index is -0.835. The number of benzene rings is 1. The van der Waals surface area contributed by atoms with Gasteiger partial charge >= 0.3 is 5.97 Å². The summed E-state index contributed by atoms with van der Waals surface area (Å²) >= 11 is 5.87. The van der Waals surface area contributed by atoms with Crippen LogP contribution in [0.5, 0.6) is 0 Å². The highest BCUT2D eigenvalue weighted by Crippen LogP contribution is 2.12. The quantitative estimate of drug-likeness (QED) is 0.832. The number of rotatable bonds is 5. The van der Waals surface area contributed by atoms with Crippen LogP contribution in [-0.2, 0) is 11.2 Å². The average Bonchev–Trinajstić information content (AvgIpc) is 2.16. The van der Waals surface area contributed by atoms with E-state index in [1.165, 1.54) is 0 Å². The summed E-state index contributed by atoms with van der Waals surface area (Å²) in [7, 11) is 0. The zero-order valence-electron chi connectivity index (χ0n) is 9.40. The average molecular weight is 242 g/mol. The third kappa shape index (κ3) is 4.21. The summed E-state index contributed by atoms with van der Waals surface area (Å²) in [6.45, 7) is 3.59. The van der Waals surface area contributed by atoms with Crippen molar-refractivity contribution in [3.05, 3.63) is 34.9 Å². The number of hydrogen-bond acceptors (Lipinski definition) is 2. The van der Waals surface area contributed by atoms with Crippen molar-refractivity contribution in [3.8, 4) is 0 Å². The maximum Gasteiger partial charge on any atom is 0.320 e. The second-order valence-electron chi connectivity index (χ2n) is 3.96. The molecule has 2 atom stereocenters. The smallest absolute Gasteiger partial charge is 0.320 e. The first-order valence-electron chi connectivity index (χ1n) is 5.22. The lowest BCUT2D eigenvalue weighted by Gasteiger charge is -2.17. The summed E-state index contributed by atoms with van der Waals surface area (Å²) in [4.78, 5) is 10.7. The third-order valence-corrected chi connectivity index (χ3v) is 2.57. The van der Waals surface area contributed by atoms with Crippen LogP contribution in [0.2, 0.25) is 5.02 Å². The maximum atomic E-state index is 10.7. The fourth-order valence-electron chi connectivity index (χ4n) is 1.57. The van der Waals surface area contributed by atoms with Gasteiger partial charge in [-0.25, -0.2) is 0 Å². The molecule has 4 heteroatoms. The molecule has 0 bridgehead atoms. The molecule has 0 amide bonds. The molecule has 1 aromatic rings. The first-order valence-corrected chi connectivity index (χ1v) is 5.60. The molecular weight excluding hydrogens is 226 g/mol. The van der Waals surface area contributed by atoms with E-state index in [2.05, 4.69) is 5.32 Å². The van der Waals surface area contributed by atoms with Crippen LogP contribution in [0.1, 0.15) is 19.4 Å². The van der Waals surface area contributed by atoms with E-state index in [0.29, 0.717) is 5.02 Å². The van der Waals surface area contributed by atoms with Gasteiger partial charge in [0.25, 0.3) is 0 Å². The number of carbonyl (C=O) groups is 1. The van der Waals surface area contributed by atoms with E-state index in [0.717, 1.165) is 12.0 Å². The molecule has 16 heavy (non-hydrogen) atoms. The van der Waals surface area contributed by atoms with Crippen molar-refractivity contribution in [3.63, 3.8) is 0 Å². The Morgan fingerprint density at radius 3 is 2.75 bits per heavy atom. The molecule has 1 aromatic carbocycles. The van der Waals surface area contributed by atoms with Gasteiger partial charge in [-0.3, -0.25) is 4.79 Å². The number of carboxylic acid groups (broad SMARTS) is 1. The Labute approximate surface area is 100 Å². The van der Waals surface area contributed by atoms with Crippen molar-refractivity contribution in [2.45, 2.75) is 32.4 Å². The summed E-state index contributed by atoms with van der Waals surface area (Å²) in [5, 5.41) is 12.5. The summed E-state index contributed by atoms with van der Waals surface area (Å²) in [5.74, 6) is -0.835. The van der Waals surface area contributed by atoms with Gasteiger partial charge in [0.15, 0.2) is 0 Å². The molecule has 0 saturated heterocycles. The lowest BCUT2D eigenvalue weighted by atomic mass is 10.1. The summed E-state index contributed by atoms with van der Waals surface area (Å²) in [5.41, 5.74) is 1.10. The highest BCUT2D eigenvalue weighted by Gasteiger charge is 2.13. The second-order valence-corrected chi connectivity index (χ2v) is 4.40. The minimum Gasteiger partial charge on any atom is -0.480 e. The van der Waals surface area contributed by atoms with E-state index >= 15 is 0 Å². The maximum absolute atomic E-state index is 10.7. The van der Waals surface area contributed by atoms with Crippen molar-refractivity contribution < 1.29 is 9.90 Å². The monoisotopic (exact) mass is 241 g/mol. The van der Waals surface area contributed by atoms with Gasteiger partial charge in [0.2, 0.25) is 0 Å². The van der Waals surface area contributed by atoms with Crippen molar-refractivity contribution in [2.24, 2.45) is 0 Å². The van der Waals surface area contributed by atoms with Gasteiger partial charge in [-0.2, -0.15) is 0 Å². The van der Waals surface area contributed by atoms with Crippen LogP contribution in [0.3, 0.4) is 0 Å². The molecule has 0 radical (unpaired) electrons. The van der Waals surface area contributed by atoms with Crippen LogP contribution in [-0.4, -0.2) is 23.2 Å². The number of hydrogen-bond donors (Lipinski definition) is 2. The van der Waals surface area contributed by atoms with E-state index in [1.54, 1.807) is 6.92 Å². The van der Waals surface area contributed by atoms with Crippen molar-refractivity contribution in [1.29, 1.82) is 0 Å². The molecule has 0 saturated carbocycles. The molecule has 88 valence electrons. The van der Waals surface area contributed by atoms with Crippen LogP contribution >= 0.6 is 11.6 Å². The SMILES string of the molecule is CC(Cc1cccc(Cl)c1)N[C@@H](C)C(=O)O. The Bertz CT molecular complexity index is 368. The van der Waals surface area contributed by atoms with Crippen molar-refractivity contribution in [2.75, 3.05) is 0 Å². The molecule has 1 rings (SSSR count). The lowest BCUT2D eigenvalue weighted by Crippen LogP contribution is -2.40. The predicted molar refractivity (Wildman–Crippen MR) is 64.9 cm³/mol. The summed E-state index contributed by atoms with van der Waals surface area (Å²) in [6, 6.07) is 7.16. The molecule has 0 aliphatic carbocycles. The van der Waals surface area contributed by atoms with E-state index in [4.69, 9.17) is 16.7 Å². The highest BCUT2D eigenvalue weighted by atomic mass is 35.5. The molecule has 0 fully saturated rings. The molecule has 0 aliphatic heterocycles. The van der Waals surface area contributed by atoms with Gasteiger partial charge in [0.1, 0.15) is 6.04 Å². The number of carboxylic acids is 1. The largest absolute Gasteiger partial charge is 0.480 e. The number of halogens is 1. The molecular formula is C12H16ClNO2. The van der Waals surface area contributed by atoms with E-state index in [9.17, 15) is 4.79 Å². The Kier molecular flexibility index (Phi) is 4.77. The topological polar surface area (TPSA) is 49.3 Å². The van der Waals surface area contributed by atoms with Crippen LogP contribution in [0, 0.1) is 0 Å². The normalized spacial score (nSPS) is 14.4.